The Morgan fingerprint density at radius 1 is 0.451 bits per heavy atom. The molecule has 1 N–H and O–H groups in total. The molecule has 2 aliphatic rings. The van der Waals surface area contributed by atoms with Crippen molar-refractivity contribution in [3.05, 3.63) is 0 Å². The average molecular weight is 848 g/mol. The van der Waals surface area contributed by atoms with Crippen LogP contribution in [0.2, 0.25) is 137 Å². The smallest absolute Gasteiger partial charge is 0.217 e. The third-order valence-corrected chi connectivity index (χ3v) is 14.3. The van der Waals surface area contributed by atoms with Gasteiger partial charge in [-0.05, 0) is 137 Å². The first kappa shape index (κ1) is 48.2. The van der Waals surface area contributed by atoms with E-state index in [4.69, 9.17) is 45.2 Å². The molecule has 0 aromatic rings. The van der Waals surface area contributed by atoms with Crippen molar-refractivity contribution >= 4 is 58.2 Å². The fourth-order valence-corrected chi connectivity index (χ4v) is 12.0. The van der Waals surface area contributed by atoms with Gasteiger partial charge in [0.15, 0.2) is 64.5 Å². The van der Waals surface area contributed by atoms with E-state index in [-0.39, 0.29) is 13.2 Å². The van der Waals surface area contributed by atoms with Crippen molar-refractivity contribution in [3.8, 4) is 0 Å². The summed E-state index contributed by atoms with van der Waals surface area (Å²) in [5, 5.41) is 12.4. The highest BCUT2D eigenvalue weighted by Crippen LogP contribution is 2.41. The first-order valence-electron chi connectivity index (χ1n) is 18.8. The van der Waals surface area contributed by atoms with Gasteiger partial charge in [0, 0.05) is 0 Å². The van der Waals surface area contributed by atoms with Crippen LogP contribution in [-0.4, -0.2) is 138 Å². The number of ether oxygens (including phenoxy) is 3. The van der Waals surface area contributed by atoms with Gasteiger partial charge < -0.3 is 50.3 Å². The lowest BCUT2D eigenvalue weighted by Crippen LogP contribution is -2.67. The molecule has 0 bridgehead atoms. The van der Waals surface area contributed by atoms with Crippen LogP contribution < -0.4 is 0 Å². The Hall–Kier alpha value is 1.08. The van der Waals surface area contributed by atoms with Crippen molar-refractivity contribution in [1.82, 2.24) is 0 Å². The Balaban J connectivity index is 2.79. The Bertz CT molecular complexity index is 1090. The molecule has 0 unspecified atom stereocenters. The van der Waals surface area contributed by atoms with E-state index in [0.29, 0.717) is 6.61 Å². The molecule has 0 aliphatic carbocycles. The summed E-state index contributed by atoms with van der Waals surface area (Å²) in [5.74, 6) is -1.76. The standard InChI is InChI=1S/C33H78O11Si7/c1-45(2,3)35-22-25-27(41-48(10,11)12)29(42-49(13,14)15)30(43-50(16,17)18)32(38-25)39-28-26(23-36-46(4,5)6)40-33(34,24-37-47(7,8)9)31(28)44-51(19,20)21/h25-32,34H,22-24H2,1-21H3/t25-,26-,27+,28-,29+,30-,31+,32+,33-/m1/s1. The summed E-state index contributed by atoms with van der Waals surface area (Å²) in [4.78, 5) is 0. The van der Waals surface area contributed by atoms with Crippen LogP contribution in [0.5, 0.6) is 0 Å². The molecule has 2 heterocycles. The minimum absolute atomic E-state index is 0.0400. The third-order valence-electron chi connectivity index (χ3n) is 7.37. The fourth-order valence-electron chi connectivity index (χ4n) is 5.68. The van der Waals surface area contributed by atoms with Crippen LogP contribution in [0.25, 0.3) is 0 Å². The van der Waals surface area contributed by atoms with Gasteiger partial charge in [-0.25, -0.2) is 0 Å². The number of aliphatic hydroxyl groups is 1. The van der Waals surface area contributed by atoms with E-state index in [1.807, 2.05) is 0 Å². The lowest BCUT2D eigenvalue weighted by molar-refractivity contribution is -0.309. The number of hydrogen-bond donors (Lipinski definition) is 1. The zero-order valence-electron chi connectivity index (χ0n) is 36.3. The lowest BCUT2D eigenvalue weighted by atomic mass is 9.99. The van der Waals surface area contributed by atoms with E-state index in [1.54, 1.807) is 0 Å². The summed E-state index contributed by atoms with van der Waals surface area (Å²) in [6.45, 7) is 45.6. The van der Waals surface area contributed by atoms with Crippen molar-refractivity contribution < 1.29 is 50.3 Å². The van der Waals surface area contributed by atoms with Crippen molar-refractivity contribution in [1.29, 1.82) is 0 Å². The fraction of sp³-hybridized carbons (Fsp3) is 1.00. The molecule has 2 rings (SSSR count). The zero-order valence-corrected chi connectivity index (χ0v) is 43.3. The summed E-state index contributed by atoms with van der Waals surface area (Å²) in [7, 11) is -14.8. The number of hydrogen-bond acceptors (Lipinski definition) is 11. The summed E-state index contributed by atoms with van der Waals surface area (Å²) < 4.78 is 68.0. The Morgan fingerprint density at radius 3 is 1.25 bits per heavy atom. The molecule has 0 aromatic carbocycles. The highest BCUT2D eigenvalue weighted by molar-refractivity contribution is 6.72. The van der Waals surface area contributed by atoms with Crippen LogP contribution in [0.1, 0.15) is 0 Å². The Morgan fingerprint density at radius 2 is 0.843 bits per heavy atom. The van der Waals surface area contributed by atoms with Gasteiger partial charge in [-0.1, -0.05) is 0 Å². The Labute approximate surface area is 319 Å². The molecule has 2 aliphatic heterocycles. The summed E-state index contributed by atoms with van der Waals surface area (Å²) in [5.41, 5.74) is 0. The molecule has 51 heavy (non-hydrogen) atoms. The normalized spacial score (nSPS) is 32.1. The average Bonchev–Trinajstić information content (AvgIpc) is 3.10. The summed E-state index contributed by atoms with van der Waals surface area (Å²) in [6, 6.07) is 0. The van der Waals surface area contributed by atoms with E-state index >= 15 is 0 Å². The van der Waals surface area contributed by atoms with Gasteiger partial charge in [0.05, 0.1) is 19.8 Å². The molecule has 11 nitrogen and oxygen atoms in total. The second-order valence-corrected chi connectivity index (χ2v) is 52.5. The maximum absolute atomic E-state index is 12.4. The van der Waals surface area contributed by atoms with Crippen LogP contribution in [0, 0.1) is 0 Å². The maximum atomic E-state index is 12.4. The van der Waals surface area contributed by atoms with E-state index in [1.165, 1.54) is 0 Å². The largest absolute Gasteiger partial charge is 0.415 e. The van der Waals surface area contributed by atoms with Gasteiger partial charge >= 0.3 is 0 Å². The van der Waals surface area contributed by atoms with E-state index in [2.05, 4.69) is 137 Å². The highest BCUT2D eigenvalue weighted by atomic mass is 28.4. The van der Waals surface area contributed by atoms with Gasteiger partial charge in [0.1, 0.15) is 42.7 Å². The van der Waals surface area contributed by atoms with E-state index in [0.717, 1.165) is 0 Å². The van der Waals surface area contributed by atoms with Crippen molar-refractivity contribution in [2.45, 2.75) is 192 Å². The third kappa shape index (κ3) is 17.8. The minimum atomic E-state index is -2.28. The van der Waals surface area contributed by atoms with Crippen LogP contribution in [-0.2, 0) is 45.2 Å². The zero-order chi connectivity index (χ0) is 39.8. The molecule has 0 radical (unpaired) electrons. The van der Waals surface area contributed by atoms with Gasteiger partial charge in [-0.3, -0.25) is 0 Å². The topological polar surface area (TPSA) is 113 Å². The molecule has 0 saturated carbocycles. The molecule has 2 saturated heterocycles. The second kappa shape index (κ2) is 17.3. The second-order valence-electron chi connectivity index (χ2n) is 21.1. The summed E-state index contributed by atoms with van der Waals surface area (Å²) >= 11 is 0. The molecule has 0 aromatic heterocycles. The molecule has 9 atom stereocenters. The Kier molecular flexibility index (Phi) is 16.3. The summed E-state index contributed by atoms with van der Waals surface area (Å²) in [6.07, 6.45) is -5.19. The van der Waals surface area contributed by atoms with Crippen molar-refractivity contribution in [2.75, 3.05) is 19.8 Å². The molecule has 0 spiro atoms. The molecule has 18 heteroatoms. The predicted octanol–water partition coefficient (Wildman–Crippen LogP) is 7.62. The molecule has 0 amide bonds. The molecular formula is C33H78O11Si7. The SMILES string of the molecule is C[Si](C)(C)OC[C@H]1O[C@@H](O[C@@H]2[C@@H](CO[Si](C)(C)C)O[C@](O)(CO[Si](C)(C)C)[C@H]2O[Si](C)(C)C)[C@H](O[Si](C)(C)C)[C@@H](O[Si](C)(C)C)[C@H]1O[Si](C)(C)C. The molecule has 304 valence electrons. The molecular weight excluding hydrogens is 769 g/mol. The van der Waals surface area contributed by atoms with Crippen LogP contribution >= 0.6 is 0 Å². The van der Waals surface area contributed by atoms with Gasteiger partial charge in [0.2, 0.25) is 5.79 Å². The van der Waals surface area contributed by atoms with E-state index in [9.17, 15) is 5.11 Å². The predicted molar refractivity (Wildman–Crippen MR) is 224 cm³/mol. The lowest BCUT2D eigenvalue weighted by Gasteiger charge is -2.51. The first-order chi connectivity index (χ1) is 22.5. The monoisotopic (exact) mass is 846 g/mol. The highest BCUT2D eigenvalue weighted by Gasteiger charge is 2.60. The van der Waals surface area contributed by atoms with Gasteiger partial charge in [0.25, 0.3) is 0 Å². The van der Waals surface area contributed by atoms with Crippen LogP contribution in [0.3, 0.4) is 0 Å². The quantitative estimate of drug-likeness (QED) is 0.130. The van der Waals surface area contributed by atoms with E-state index < -0.39 is 113 Å². The maximum Gasteiger partial charge on any atom is 0.217 e. The molecule has 2 fully saturated rings. The van der Waals surface area contributed by atoms with Crippen molar-refractivity contribution in [3.63, 3.8) is 0 Å². The first-order valence-corrected chi connectivity index (χ1v) is 42.7. The van der Waals surface area contributed by atoms with Gasteiger partial charge in [-0.2, -0.15) is 0 Å². The van der Waals surface area contributed by atoms with Crippen LogP contribution in [0.15, 0.2) is 0 Å². The van der Waals surface area contributed by atoms with Gasteiger partial charge in [-0.15, -0.1) is 0 Å². The number of rotatable bonds is 19. The van der Waals surface area contributed by atoms with Crippen molar-refractivity contribution in [2.24, 2.45) is 0 Å². The minimum Gasteiger partial charge on any atom is -0.415 e. The van der Waals surface area contributed by atoms with Crippen LogP contribution in [0.4, 0.5) is 0 Å².